The second-order valence-electron chi connectivity index (χ2n) is 7.45. The van der Waals surface area contributed by atoms with Crippen molar-refractivity contribution in [1.82, 2.24) is 9.88 Å². The van der Waals surface area contributed by atoms with E-state index in [1.807, 2.05) is 0 Å². The quantitative estimate of drug-likeness (QED) is 0.254. The molecule has 1 N–H and O–H groups in total. The van der Waals surface area contributed by atoms with Crippen LogP contribution in [0.5, 0.6) is 17.4 Å². The van der Waals surface area contributed by atoms with E-state index in [0.29, 0.717) is 23.0 Å². The molecule has 188 valence electrons. The second-order valence-corrected chi connectivity index (χ2v) is 8.44. The van der Waals surface area contributed by atoms with Crippen LogP contribution in [-0.4, -0.2) is 45.5 Å². The van der Waals surface area contributed by atoms with Gasteiger partial charge in [-0.15, -0.1) is 0 Å². The zero-order valence-corrected chi connectivity index (χ0v) is 19.9. The van der Waals surface area contributed by atoms with Crippen LogP contribution in [0.25, 0.3) is 6.08 Å². The molecule has 1 aromatic heterocycles. The number of aromatic nitrogens is 1. The third-order valence-corrected chi connectivity index (χ3v) is 5.84. The maximum absolute atomic E-state index is 13.0. The Kier molecular flexibility index (Phi) is 7.44. The highest BCUT2D eigenvalue weighted by Gasteiger charge is 2.36. The predicted molar refractivity (Wildman–Crippen MR) is 132 cm³/mol. The van der Waals surface area contributed by atoms with E-state index in [-0.39, 0.29) is 28.0 Å². The number of rotatable bonds is 8. The fourth-order valence-electron chi connectivity index (χ4n) is 3.18. The van der Waals surface area contributed by atoms with Gasteiger partial charge in [-0.2, -0.15) is 0 Å². The molecule has 2 heterocycles. The summed E-state index contributed by atoms with van der Waals surface area (Å²) in [5.41, 5.74) is 0.658. The third-order valence-electron chi connectivity index (χ3n) is 4.93. The number of carbonyl (C=O) groups is 3. The molecule has 1 fully saturated rings. The Balaban J connectivity index is 1.45. The highest BCUT2D eigenvalue weighted by Crippen LogP contribution is 2.36. The molecule has 3 aromatic rings. The minimum atomic E-state index is -0.640. The molecule has 0 radical (unpaired) electrons. The highest BCUT2D eigenvalue weighted by atomic mass is 32.2. The summed E-state index contributed by atoms with van der Waals surface area (Å²) < 4.78 is 24.0. The molecule has 0 spiro atoms. The fraction of sp³-hybridized carbons (Fsp3) is 0.0833. The Hall–Kier alpha value is -4.78. The molecule has 0 atom stereocenters. The van der Waals surface area contributed by atoms with Crippen molar-refractivity contribution in [2.75, 3.05) is 19.0 Å². The number of halogens is 1. The number of benzene rings is 2. The number of nitro groups is 1. The van der Waals surface area contributed by atoms with Gasteiger partial charge in [0.1, 0.15) is 18.6 Å². The number of anilines is 1. The normalized spacial score (nSPS) is 14.1. The van der Waals surface area contributed by atoms with Crippen molar-refractivity contribution in [1.29, 1.82) is 0 Å². The average Bonchev–Trinajstić information content (AvgIpc) is 3.13. The molecule has 13 heteroatoms. The van der Waals surface area contributed by atoms with Crippen LogP contribution in [-0.2, 0) is 9.59 Å². The first-order chi connectivity index (χ1) is 17.7. The van der Waals surface area contributed by atoms with Gasteiger partial charge in [-0.3, -0.25) is 29.4 Å². The topological polar surface area (TPSA) is 141 Å². The van der Waals surface area contributed by atoms with Crippen molar-refractivity contribution < 1.29 is 33.2 Å². The Morgan fingerprint density at radius 3 is 2.57 bits per heavy atom. The molecule has 1 aliphatic rings. The number of nitrogens with one attached hydrogen (secondary N) is 1. The average molecular weight is 524 g/mol. The number of hydrogen-bond donors (Lipinski definition) is 1. The minimum Gasteiger partial charge on any atom is -0.493 e. The van der Waals surface area contributed by atoms with Gasteiger partial charge >= 0.3 is 0 Å². The SMILES string of the molecule is COc1cc(/C=C2/SC(=O)N(CC(=O)Nc3ccc(F)cc3)C2=O)ccc1Oc1ccc([N+](=O)[O-])cn1. The molecule has 0 saturated carbocycles. The van der Waals surface area contributed by atoms with Gasteiger partial charge in [-0.25, -0.2) is 9.37 Å². The Morgan fingerprint density at radius 1 is 1.16 bits per heavy atom. The van der Waals surface area contributed by atoms with Crippen LogP contribution in [0, 0.1) is 15.9 Å². The molecule has 0 bridgehead atoms. The van der Waals surface area contributed by atoms with Gasteiger partial charge in [0.25, 0.3) is 16.8 Å². The number of thioether (sulfide) groups is 1. The molecule has 11 nitrogen and oxygen atoms in total. The van der Waals surface area contributed by atoms with Crippen LogP contribution in [0.2, 0.25) is 0 Å². The lowest BCUT2D eigenvalue weighted by Crippen LogP contribution is -2.36. The molecule has 0 unspecified atom stereocenters. The monoisotopic (exact) mass is 524 g/mol. The van der Waals surface area contributed by atoms with Crippen molar-refractivity contribution in [2.45, 2.75) is 0 Å². The molecule has 1 saturated heterocycles. The summed E-state index contributed by atoms with van der Waals surface area (Å²) in [6.45, 7) is -0.502. The number of carbonyl (C=O) groups excluding carboxylic acids is 3. The second kappa shape index (κ2) is 10.9. The first-order valence-electron chi connectivity index (χ1n) is 10.5. The van der Waals surface area contributed by atoms with Crippen LogP contribution in [0.15, 0.2) is 65.7 Å². The van der Waals surface area contributed by atoms with E-state index >= 15 is 0 Å². The third kappa shape index (κ3) is 6.08. The molecule has 4 rings (SSSR count). The van der Waals surface area contributed by atoms with Crippen molar-refractivity contribution in [3.8, 4) is 17.4 Å². The summed E-state index contributed by atoms with van der Waals surface area (Å²) in [5.74, 6) is -1.06. The fourth-order valence-corrected chi connectivity index (χ4v) is 4.02. The van der Waals surface area contributed by atoms with Gasteiger partial charge in [0.05, 0.1) is 16.9 Å². The molecule has 1 aliphatic heterocycles. The lowest BCUT2D eigenvalue weighted by atomic mass is 10.2. The van der Waals surface area contributed by atoms with E-state index in [1.165, 1.54) is 49.6 Å². The number of amides is 3. The van der Waals surface area contributed by atoms with Crippen LogP contribution >= 0.6 is 11.8 Å². The molecule has 0 aliphatic carbocycles. The van der Waals surface area contributed by atoms with Gasteiger partial charge in [0, 0.05) is 17.8 Å². The van der Waals surface area contributed by atoms with Gasteiger partial charge in [0.15, 0.2) is 11.5 Å². The van der Waals surface area contributed by atoms with Crippen molar-refractivity contribution in [3.05, 3.63) is 87.2 Å². The number of nitrogens with zero attached hydrogens (tertiary/aromatic N) is 3. The zero-order valence-electron chi connectivity index (χ0n) is 19.0. The Labute approximate surface area is 213 Å². The van der Waals surface area contributed by atoms with Gasteiger partial charge in [0.2, 0.25) is 11.8 Å². The predicted octanol–water partition coefficient (Wildman–Crippen LogP) is 4.60. The van der Waals surface area contributed by atoms with E-state index in [2.05, 4.69) is 10.3 Å². The Bertz CT molecular complexity index is 1410. The van der Waals surface area contributed by atoms with Crippen molar-refractivity contribution in [3.63, 3.8) is 0 Å². The van der Waals surface area contributed by atoms with Gasteiger partial charge in [-0.1, -0.05) is 6.07 Å². The molecule has 3 amide bonds. The highest BCUT2D eigenvalue weighted by molar-refractivity contribution is 8.18. The zero-order chi connectivity index (χ0) is 26.5. The summed E-state index contributed by atoms with van der Waals surface area (Å²) in [4.78, 5) is 52.4. The standard InChI is InChI=1S/C24H17FN4O7S/c1-35-19-10-14(2-8-18(19)36-22-9-7-17(12-26-22)29(33)34)11-20-23(31)28(24(32)37-20)13-21(30)27-16-5-3-15(25)4-6-16/h2-12H,13H2,1H3,(H,27,30)/b20-11+. The smallest absolute Gasteiger partial charge is 0.294 e. The first-order valence-corrected chi connectivity index (χ1v) is 11.3. The summed E-state index contributed by atoms with van der Waals surface area (Å²) in [6, 6.07) is 12.4. The van der Waals surface area contributed by atoms with Crippen LogP contribution in [0.1, 0.15) is 5.56 Å². The van der Waals surface area contributed by atoms with E-state index in [0.717, 1.165) is 11.1 Å². The molecule has 2 aromatic carbocycles. The molecular formula is C24H17FN4O7S. The maximum atomic E-state index is 13.0. The van der Waals surface area contributed by atoms with Gasteiger partial charge in [-0.05, 0) is 59.8 Å². The van der Waals surface area contributed by atoms with E-state index in [9.17, 15) is 28.9 Å². The summed E-state index contributed by atoms with van der Waals surface area (Å²) >= 11 is 0.683. The number of methoxy groups -OCH3 is 1. The first kappa shape index (κ1) is 25.3. The van der Waals surface area contributed by atoms with E-state index < -0.39 is 34.3 Å². The lowest BCUT2D eigenvalue weighted by Gasteiger charge is -2.12. The van der Waals surface area contributed by atoms with Crippen LogP contribution in [0.3, 0.4) is 0 Å². The number of imide groups is 1. The van der Waals surface area contributed by atoms with E-state index in [4.69, 9.17) is 9.47 Å². The Morgan fingerprint density at radius 2 is 1.92 bits per heavy atom. The number of pyridine rings is 1. The van der Waals surface area contributed by atoms with Crippen molar-refractivity contribution >= 4 is 46.3 Å². The largest absolute Gasteiger partial charge is 0.493 e. The van der Waals surface area contributed by atoms with E-state index in [1.54, 1.807) is 18.2 Å². The molecule has 37 heavy (non-hydrogen) atoms. The van der Waals surface area contributed by atoms with Crippen LogP contribution in [0.4, 0.5) is 20.6 Å². The number of hydrogen-bond acceptors (Lipinski definition) is 9. The van der Waals surface area contributed by atoms with Crippen LogP contribution < -0.4 is 14.8 Å². The summed E-state index contributed by atoms with van der Waals surface area (Å²) in [6.07, 6.45) is 2.53. The summed E-state index contributed by atoms with van der Waals surface area (Å²) in [7, 11) is 1.41. The summed E-state index contributed by atoms with van der Waals surface area (Å²) in [5, 5.41) is 12.7. The molecular weight excluding hydrogens is 507 g/mol. The maximum Gasteiger partial charge on any atom is 0.294 e. The van der Waals surface area contributed by atoms with Crippen molar-refractivity contribution in [2.24, 2.45) is 0 Å². The lowest BCUT2D eigenvalue weighted by molar-refractivity contribution is -0.385. The number of ether oxygens (including phenoxy) is 2. The van der Waals surface area contributed by atoms with Gasteiger partial charge < -0.3 is 14.8 Å². The minimum absolute atomic E-state index is 0.104.